The van der Waals surface area contributed by atoms with E-state index in [2.05, 4.69) is 15.3 Å². The summed E-state index contributed by atoms with van der Waals surface area (Å²) < 4.78 is 0. The summed E-state index contributed by atoms with van der Waals surface area (Å²) in [5.41, 5.74) is 1.46. The monoisotopic (exact) mass is 327 g/mol. The van der Waals surface area contributed by atoms with Crippen molar-refractivity contribution in [2.24, 2.45) is 0 Å². The number of carbonyl (C=O) groups is 2. The average molecular weight is 327 g/mol. The molecule has 0 aliphatic heterocycles. The minimum atomic E-state index is -1.08. The first-order valence-electron chi connectivity index (χ1n) is 7.22. The minimum Gasteiger partial charge on any atom is -0.481 e. The molecule has 0 saturated carbocycles. The Balaban J connectivity index is 2.21. The number of carboxylic acids is 1. The van der Waals surface area contributed by atoms with Crippen molar-refractivity contribution in [3.63, 3.8) is 0 Å². The first kappa shape index (κ1) is 17.1. The fourth-order valence-corrected chi connectivity index (χ4v) is 2.14. The number of nitrogens with zero attached hydrogens (tertiary/aromatic N) is 1. The van der Waals surface area contributed by atoms with Crippen molar-refractivity contribution in [3.8, 4) is 0 Å². The molecule has 0 bridgehead atoms. The Morgan fingerprint density at radius 2 is 1.92 bits per heavy atom. The second kappa shape index (κ2) is 7.36. The van der Waals surface area contributed by atoms with E-state index in [9.17, 15) is 14.4 Å². The van der Waals surface area contributed by atoms with Gasteiger partial charge in [-0.1, -0.05) is 18.2 Å². The van der Waals surface area contributed by atoms with E-state index in [0.29, 0.717) is 17.1 Å². The van der Waals surface area contributed by atoms with Crippen molar-refractivity contribution >= 4 is 24.0 Å². The first-order chi connectivity index (χ1) is 11.4. The smallest absolute Gasteiger partial charge is 0.308 e. The maximum atomic E-state index is 11.9. The predicted octanol–water partition coefficient (Wildman–Crippen LogP) is 1.24. The molecule has 1 heterocycles. The molecule has 0 saturated heterocycles. The molecule has 124 valence electrons. The van der Waals surface area contributed by atoms with Crippen molar-refractivity contribution in [2.75, 3.05) is 7.05 Å². The van der Waals surface area contributed by atoms with E-state index >= 15 is 0 Å². The van der Waals surface area contributed by atoms with Gasteiger partial charge in [-0.15, -0.1) is 0 Å². The summed E-state index contributed by atoms with van der Waals surface area (Å²) in [5.74, 6) is -0.909. The van der Waals surface area contributed by atoms with Crippen molar-refractivity contribution in [1.82, 2.24) is 15.3 Å². The zero-order chi connectivity index (χ0) is 17.7. The van der Waals surface area contributed by atoms with Gasteiger partial charge in [-0.05, 0) is 30.7 Å². The third-order valence-electron chi connectivity index (χ3n) is 3.40. The lowest BCUT2D eigenvalue weighted by molar-refractivity contribution is -0.136. The average Bonchev–Trinajstić information content (AvgIpc) is 2.56. The standard InChI is InChI=1S/C17H17N3O4/c1-10-13(9-15(21)22)17(24)20-14(19-10)8-5-11-3-6-12(7-4-11)16(23)18-2/h3-8H,9H2,1-2H3,(H,18,23)(H,21,22)(H,19,20,24)/b8-5+. The van der Waals surface area contributed by atoms with Crippen LogP contribution in [-0.4, -0.2) is 34.0 Å². The van der Waals surface area contributed by atoms with E-state index < -0.39 is 11.5 Å². The van der Waals surface area contributed by atoms with Gasteiger partial charge in [0.1, 0.15) is 5.82 Å². The molecule has 7 nitrogen and oxygen atoms in total. The maximum absolute atomic E-state index is 11.9. The largest absolute Gasteiger partial charge is 0.481 e. The molecule has 3 N–H and O–H groups in total. The van der Waals surface area contributed by atoms with Gasteiger partial charge in [-0.2, -0.15) is 0 Å². The highest BCUT2D eigenvalue weighted by Gasteiger charge is 2.10. The molecular formula is C17H17N3O4. The van der Waals surface area contributed by atoms with Crippen LogP contribution < -0.4 is 10.9 Å². The van der Waals surface area contributed by atoms with Crippen molar-refractivity contribution < 1.29 is 14.7 Å². The molecule has 0 aliphatic rings. The molecule has 1 aromatic carbocycles. The van der Waals surface area contributed by atoms with Crippen LogP contribution in [0.15, 0.2) is 29.1 Å². The number of carboxylic acid groups (broad SMARTS) is 1. The summed E-state index contributed by atoms with van der Waals surface area (Å²) in [5, 5.41) is 11.3. The highest BCUT2D eigenvalue weighted by Crippen LogP contribution is 2.09. The van der Waals surface area contributed by atoms with Crippen LogP contribution in [0, 0.1) is 6.92 Å². The summed E-state index contributed by atoms with van der Waals surface area (Å²) in [4.78, 5) is 40.9. The number of rotatable bonds is 5. The molecular weight excluding hydrogens is 310 g/mol. The second-order valence-electron chi connectivity index (χ2n) is 5.12. The number of carbonyl (C=O) groups excluding carboxylic acids is 1. The third kappa shape index (κ3) is 4.16. The Hall–Kier alpha value is -3.22. The molecule has 1 amide bonds. The van der Waals surface area contributed by atoms with Gasteiger partial charge in [-0.25, -0.2) is 4.98 Å². The number of aryl methyl sites for hydroxylation is 1. The molecule has 0 aliphatic carbocycles. The number of aliphatic carboxylic acids is 1. The Kier molecular flexibility index (Phi) is 5.26. The predicted molar refractivity (Wildman–Crippen MR) is 89.7 cm³/mol. The maximum Gasteiger partial charge on any atom is 0.308 e. The molecule has 2 aromatic rings. The molecule has 0 radical (unpaired) electrons. The first-order valence-corrected chi connectivity index (χ1v) is 7.22. The van der Waals surface area contributed by atoms with E-state index in [1.165, 1.54) is 0 Å². The number of hydrogen-bond acceptors (Lipinski definition) is 4. The van der Waals surface area contributed by atoms with Crippen LogP contribution in [0.3, 0.4) is 0 Å². The van der Waals surface area contributed by atoms with Crippen LogP contribution in [0.1, 0.15) is 33.0 Å². The zero-order valence-corrected chi connectivity index (χ0v) is 13.3. The molecule has 7 heteroatoms. The normalized spacial score (nSPS) is 10.8. The van der Waals surface area contributed by atoms with Crippen LogP contribution in [0.2, 0.25) is 0 Å². The molecule has 24 heavy (non-hydrogen) atoms. The fourth-order valence-electron chi connectivity index (χ4n) is 2.14. The van der Waals surface area contributed by atoms with Gasteiger partial charge in [0, 0.05) is 23.9 Å². The van der Waals surface area contributed by atoms with E-state index in [0.717, 1.165) is 5.56 Å². The molecule has 2 rings (SSSR count). The van der Waals surface area contributed by atoms with E-state index in [4.69, 9.17) is 5.11 Å². The fraction of sp³-hybridized carbons (Fsp3) is 0.176. The van der Waals surface area contributed by atoms with Gasteiger partial charge in [0.15, 0.2) is 0 Å². The Morgan fingerprint density at radius 3 is 2.46 bits per heavy atom. The summed E-state index contributed by atoms with van der Waals surface area (Å²) >= 11 is 0. The number of amides is 1. The Labute approximate surface area is 138 Å². The van der Waals surface area contributed by atoms with Gasteiger partial charge >= 0.3 is 5.97 Å². The van der Waals surface area contributed by atoms with Crippen molar-refractivity contribution in [3.05, 3.63) is 62.8 Å². The number of H-pyrrole nitrogens is 1. The number of aromatic nitrogens is 2. The SMILES string of the molecule is CNC(=O)c1ccc(/C=C/c2nc(C)c(CC(=O)O)c(=O)[nH]2)cc1. The Bertz CT molecular complexity index is 851. The van der Waals surface area contributed by atoms with Gasteiger partial charge in [-0.3, -0.25) is 14.4 Å². The van der Waals surface area contributed by atoms with Gasteiger partial charge in [0.2, 0.25) is 0 Å². The molecule has 1 aromatic heterocycles. The summed E-state index contributed by atoms with van der Waals surface area (Å²) in [6, 6.07) is 6.92. The quantitative estimate of drug-likeness (QED) is 0.765. The third-order valence-corrected chi connectivity index (χ3v) is 3.40. The van der Waals surface area contributed by atoms with E-state index in [-0.39, 0.29) is 17.9 Å². The topological polar surface area (TPSA) is 112 Å². The number of hydrogen-bond donors (Lipinski definition) is 3. The van der Waals surface area contributed by atoms with Crippen LogP contribution in [-0.2, 0) is 11.2 Å². The van der Waals surface area contributed by atoms with Crippen molar-refractivity contribution in [1.29, 1.82) is 0 Å². The molecule has 0 fully saturated rings. The van der Waals surface area contributed by atoms with E-state index in [1.807, 2.05) is 0 Å². The van der Waals surface area contributed by atoms with Gasteiger partial charge in [0.05, 0.1) is 6.42 Å². The van der Waals surface area contributed by atoms with Crippen LogP contribution >= 0.6 is 0 Å². The molecule has 0 unspecified atom stereocenters. The van der Waals surface area contributed by atoms with Gasteiger partial charge in [0.25, 0.3) is 11.5 Å². The molecule has 0 atom stereocenters. The number of aromatic amines is 1. The summed E-state index contributed by atoms with van der Waals surface area (Å²) in [6.45, 7) is 1.60. The Morgan fingerprint density at radius 1 is 1.25 bits per heavy atom. The second-order valence-corrected chi connectivity index (χ2v) is 5.12. The lowest BCUT2D eigenvalue weighted by Crippen LogP contribution is -2.20. The number of nitrogens with one attached hydrogen (secondary N) is 2. The molecule has 0 spiro atoms. The van der Waals surface area contributed by atoms with Crippen LogP contribution in [0.5, 0.6) is 0 Å². The zero-order valence-electron chi connectivity index (χ0n) is 13.3. The van der Waals surface area contributed by atoms with Crippen molar-refractivity contribution in [2.45, 2.75) is 13.3 Å². The van der Waals surface area contributed by atoms with E-state index in [1.54, 1.807) is 50.4 Å². The minimum absolute atomic E-state index is 0.148. The summed E-state index contributed by atoms with van der Waals surface area (Å²) in [7, 11) is 1.56. The van der Waals surface area contributed by atoms with Crippen LogP contribution in [0.4, 0.5) is 0 Å². The lowest BCUT2D eigenvalue weighted by atomic mass is 10.1. The highest BCUT2D eigenvalue weighted by molar-refractivity contribution is 5.94. The van der Waals surface area contributed by atoms with Gasteiger partial charge < -0.3 is 15.4 Å². The van der Waals surface area contributed by atoms with Crippen LogP contribution in [0.25, 0.3) is 12.2 Å². The highest BCUT2D eigenvalue weighted by atomic mass is 16.4. The summed E-state index contributed by atoms with van der Waals surface area (Å²) in [6.07, 6.45) is 3.00. The number of benzene rings is 1. The lowest BCUT2D eigenvalue weighted by Gasteiger charge is -2.03.